The quantitative estimate of drug-likeness (QED) is 0.478. The van der Waals surface area contributed by atoms with E-state index in [4.69, 9.17) is 5.73 Å². The van der Waals surface area contributed by atoms with E-state index in [2.05, 4.69) is 5.32 Å². The van der Waals surface area contributed by atoms with Crippen molar-refractivity contribution in [1.29, 1.82) is 0 Å². The number of carbonyl (C=O) groups excluding carboxylic acids is 3. The summed E-state index contributed by atoms with van der Waals surface area (Å²) in [5.41, 5.74) is 5.17. The van der Waals surface area contributed by atoms with Gasteiger partial charge in [-0.2, -0.15) is 0 Å². The van der Waals surface area contributed by atoms with Gasteiger partial charge in [-0.05, 0) is 0 Å². The van der Waals surface area contributed by atoms with Crippen LogP contribution in [-0.2, 0) is 14.4 Å². The molecule has 0 aromatic carbocycles. The number of carbonyl (C=O) groups is 3. The number of hydrogen-bond donors (Lipinski definition) is 2. The van der Waals surface area contributed by atoms with E-state index in [1.54, 1.807) is 0 Å². The van der Waals surface area contributed by atoms with Crippen LogP contribution in [0.3, 0.4) is 0 Å². The largest absolute Gasteiger partial charge is 0.330 e. The van der Waals surface area contributed by atoms with E-state index in [0.717, 1.165) is 0 Å². The third kappa shape index (κ3) is 2.51. The number of nitrogens with one attached hydrogen (secondary N) is 1. The predicted molar refractivity (Wildman–Crippen MR) is 43.4 cm³/mol. The summed E-state index contributed by atoms with van der Waals surface area (Å²) in [6.45, 7) is 0.125. The number of hydrogen-bond acceptors (Lipinski definition) is 4. The molecule has 0 saturated carbocycles. The van der Waals surface area contributed by atoms with Gasteiger partial charge in [0.15, 0.2) is 0 Å². The monoisotopic (exact) mass is 185 g/mol. The van der Waals surface area contributed by atoms with Crippen molar-refractivity contribution in [3.8, 4) is 0 Å². The van der Waals surface area contributed by atoms with Gasteiger partial charge in [0, 0.05) is 13.0 Å². The van der Waals surface area contributed by atoms with Crippen LogP contribution in [0.1, 0.15) is 6.42 Å². The molecule has 0 spiro atoms. The maximum atomic E-state index is 11.2. The number of rotatable bonds is 2. The summed E-state index contributed by atoms with van der Waals surface area (Å²) in [6, 6.07) is 0. The lowest BCUT2D eigenvalue weighted by molar-refractivity contribution is -0.145. The molecule has 0 unspecified atom stereocenters. The Hall–Kier alpha value is -1.43. The number of piperazine rings is 1. The summed E-state index contributed by atoms with van der Waals surface area (Å²) >= 11 is 0. The van der Waals surface area contributed by atoms with Crippen LogP contribution in [-0.4, -0.2) is 42.3 Å². The molecule has 0 aliphatic carbocycles. The van der Waals surface area contributed by atoms with Gasteiger partial charge in [-0.3, -0.25) is 19.7 Å². The molecule has 1 heterocycles. The molecule has 72 valence electrons. The molecule has 0 aromatic rings. The van der Waals surface area contributed by atoms with E-state index in [-0.39, 0.29) is 32.0 Å². The van der Waals surface area contributed by atoms with Crippen LogP contribution in [0.15, 0.2) is 0 Å². The zero-order valence-electron chi connectivity index (χ0n) is 7.08. The first-order valence-corrected chi connectivity index (χ1v) is 3.94. The second-order valence-electron chi connectivity index (χ2n) is 2.76. The second kappa shape index (κ2) is 3.99. The molecule has 0 radical (unpaired) electrons. The normalized spacial score (nSPS) is 17.2. The number of nitrogens with zero attached hydrogens (tertiary/aromatic N) is 1. The van der Waals surface area contributed by atoms with Gasteiger partial charge in [0.2, 0.25) is 17.7 Å². The lowest BCUT2D eigenvalue weighted by atomic mass is 10.3. The summed E-state index contributed by atoms with van der Waals surface area (Å²) in [5.74, 6) is -1.14. The molecule has 1 aliphatic rings. The minimum Gasteiger partial charge on any atom is -0.330 e. The van der Waals surface area contributed by atoms with Crippen LogP contribution in [0.4, 0.5) is 0 Å². The summed E-state index contributed by atoms with van der Waals surface area (Å²) < 4.78 is 0. The fourth-order valence-corrected chi connectivity index (χ4v) is 1.10. The van der Waals surface area contributed by atoms with Gasteiger partial charge < -0.3 is 10.6 Å². The van der Waals surface area contributed by atoms with Crippen LogP contribution >= 0.6 is 0 Å². The van der Waals surface area contributed by atoms with Crippen molar-refractivity contribution in [2.45, 2.75) is 6.42 Å². The molecule has 0 bridgehead atoms. The van der Waals surface area contributed by atoms with Crippen LogP contribution in [0.5, 0.6) is 0 Å². The highest BCUT2D eigenvalue weighted by Gasteiger charge is 2.25. The topological polar surface area (TPSA) is 92.5 Å². The third-order valence-corrected chi connectivity index (χ3v) is 1.66. The van der Waals surface area contributed by atoms with Gasteiger partial charge in [-0.15, -0.1) is 0 Å². The Morgan fingerprint density at radius 2 is 1.92 bits per heavy atom. The fourth-order valence-electron chi connectivity index (χ4n) is 1.10. The Labute approximate surface area is 75.1 Å². The highest BCUT2D eigenvalue weighted by molar-refractivity contribution is 6.02. The van der Waals surface area contributed by atoms with Gasteiger partial charge in [-0.1, -0.05) is 0 Å². The van der Waals surface area contributed by atoms with E-state index in [0.29, 0.717) is 0 Å². The first-order chi connectivity index (χ1) is 6.13. The molecule has 1 rings (SSSR count). The highest BCUT2D eigenvalue weighted by Crippen LogP contribution is 1.97. The molecule has 3 amide bonds. The van der Waals surface area contributed by atoms with Crippen molar-refractivity contribution in [1.82, 2.24) is 10.2 Å². The van der Waals surface area contributed by atoms with Gasteiger partial charge in [0.05, 0.1) is 0 Å². The number of nitrogens with two attached hydrogens (primary N) is 1. The van der Waals surface area contributed by atoms with Crippen molar-refractivity contribution < 1.29 is 14.4 Å². The zero-order chi connectivity index (χ0) is 9.84. The zero-order valence-corrected chi connectivity index (χ0v) is 7.08. The first kappa shape index (κ1) is 9.66. The fraction of sp³-hybridized carbons (Fsp3) is 0.571. The van der Waals surface area contributed by atoms with E-state index in [1.807, 2.05) is 0 Å². The van der Waals surface area contributed by atoms with Crippen molar-refractivity contribution in [3.63, 3.8) is 0 Å². The van der Waals surface area contributed by atoms with E-state index in [9.17, 15) is 14.4 Å². The van der Waals surface area contributed by atoms with Crippen molar-refractivity contribution in [2.24, 2.45) is 5.73 Å². The smallest absolute Gasteiger partial charge is 0.246 e. The molecular formula is C7H11N3O3. The lowest BCUT2D eigenvalue weighted by Gasteiger charge is -2.25. The van der Waals surface area contributed by atoms with E-state index < -0.39 is 11.8 Å². The van der Waals surface area contributed by atoms with E-state index >= 15 is 0 Å². The molecule has 13 heavy (non-hydrogen) atoms. The summed E-state index contributed by atoms with van der Waals surface area (Å²) in [5, 5.41) is 2.10. The van der Waals surface area contributed by atoms with Gasteiger partial charge in [0.1, 0.15) is 13.1 Å². The summed E-state index contributed by atoms with van der Waals surface area (Å²) in [6.07, 6.45) is 0.167. The third-order valence-electron chi connectivity index (χ3n) is 1.66. The number of imide groups is 1. The van der Waals surface area contributed by atoms with Gasteiger partial charge in [0.25, 0.3) is 0 Å². The molecule has 3 N–H and O–H groups in total. The molecular weight excluding hydrogens is 174 g/mol. The van der Waals surface area contributed by atoms with Gasteiger partial charge in [-0.25, -0.2) is 0 Å². The first-order valence-electron chi connectivity index (χ1n) is 3.94. The Morgan fingerprint density at radius 1 is 1.38 bits per heavy atom. The maximum Gasteiger partial charge on any atom is 0.246 e. The highest BCUT2D eigenvalue weighted by atomic mass is 16.2. The second-order valence-corrected chi connectivity index (χ2v) is 2.76. The van der Waals surface area contributed by atoms with Crippen LogP contribution < -0.4 is 11.1 Å². The molecule has 1 aliphatic heterocycles. The summed E-state index contributed by atoms with van der Waals surface area (Å²) in [4.78, 5) is 34.1. The van der Waals surface area contributed by atoms with Crippen LogP contribution in [0, 0.1) is 0 Å². The summed E-state index contributed by atoms with van der Waals surface area (Å²) in [7, 11) is 0. The average molecular weight is 185 g/mol. The van der Waals surface area contributed by atoms with Crippen molar-refractivity contribution >= 4 is 17.7 Å². The van der Waals surface area contributed by atoms with E-state index in [1.165, 1.54) is 4.90 Å². The number of amides is 3. The maximum absolute atomic E-state index is 11.2. The van der Waals surface area contributed by atoms with Crippen molar-refractivity contribution in [2.75, 3.05) is 19.6 Å². The Balaban J connectivity index is 2.54. The van der Waals surface area contributed by atoms with Gasteiger partial charge >= 0.3 is 0 Å². The Bertz CT molecular complexity index is 235. The minimum absolute atomic E-state index is 0.0510. The molecule has 6 heteroatoms. The molecule has 0 aromatic heterocycles. The lowest BCUT2D eigenvalue weighted by Crippen LogP contribution is -2.53. The minimum atomic E-state index is -0.443. The Morgan fingerprint density at radius 3 is 2.38 bits per heavy atom. The molecule has 1 saturated heterocycles. The van der Waals surface area contributed by atoms with Crippen LogP contribution in [0.2, 0.25) is 0 Å². The molecule has 6 nitrogen and oxygen atoms in total. The predicted octanol–water partition coefficient (Wildman–Crippen LogP) is -2.18. The standard InChI is InChI=1S/C7H11N3O3/c8-2-1-7(13)10-3-5(11)9-6(12)4-10/h1-4,8H2,(H,9,11,12). The van der Waals surface area contributed by atoms with Crippen LogP contribution in [0.25, 0.3) is 0 Å². The van der Waals surface area contributed by atoms with Crippen molar-refractivity contribution in [3.05, 3.63) is 0 Å². The SMILES string of the molecule is NCCC(=O)N1CC(=O)NC(=O)C1. The average Bonchev–Trinajstić information content (AvgIpc) is 2.03. The molecule has 0 atom stereocenters. The Kier molecular flexibility index (Phi) is 2.97. The molecule has 1 fully saturated rings.